The van der Waals surface area contributed by atoms with Crippen LogP contribution in [0, 0.1) is 0 Å². The fourth-order valence-electron chi connectivity index (χ4n) is 2.57. The summed E-state index contributed by atoms with van der Waals surface area (Å²) in [7, 11) is 13.2. The van der Waals surface area contributed by atoms with Crippen LogP contribution >= 0.6 is 0 Å². The summed E-state index contributed by atoms with van der Waals surface area (Å²) in [5.41, 5.74) is 2.42. The van der Waals surface area contributed by atoms with Gasteiger partial charge in [0, 0.05) is 11.4 Å². The Hall–Kier alpha value is -0.580. The van der Waals surface area contributed by atoms with Crippen molar-refractivity contribution >= 4 is 11.4 Å². The quantitative estimate of drug-likeness (QED) is 0.233. The van der Waals surface area contributed by atoms with Gasteiger partial charge in [0.15, 0.2) is 0 Å². The van der Waals surface area contributed by atoms with Gasteiger partial charge >= 0.3 is 0 Å². The molecule has 0 aliphatic rings. The van der Waals surface area contributed by atoms with Gasteiger partial charge < -0.3 is 66.6 Å². The van der Waals surface area contributed by atoms with Gasteiger partial charge in [-0.2, -0.15) is 0 Å². The maximum atomic E-state index is 5.90. The van der Waals surface area contributed by atoms with Crippen LogP contribution in [0.1, 0.15) is 0 Å². The van der Waals surface area contributed by atoms with Crippen molar-refractivity contribution in [3.05, 3.63) is 54.6 Å². The number of para-hydroxylation sites is 1. The molecule has 0 saturated carbocycles. The molecule has 2 aromatic rings. The van der Waals surface area contributed by atoms with Crippen LogP contribution in [0.2, 0.25) is 0 Å². The summed E-state index contributed by atoms with van der Waals surface area (Å²) in [6.45, 7) is 3.75. The lowest BCUT2D eigenvalue weighted by atomic mass is 10.2. The van der Waals surface area contributed by atoms with Gasteiger partial charge in [0.25, 0.3) is 0 Å². The van der Waals surface area contributed by atoms with Crippen LogP contribution in [0.25, 0.3) is 0 Å². The number of hydrogen-bond acceptors (Lipinski definition) is 2. The van der Waals surface area contributed by atoms with Crippen molar-refractivity contribution in [3.63, 3.8) is 0 Å². The molecule has 158 valence electrons. The van der Waals surface area contributed by atoms with Gasteiger partial charge in [-0.1, -0.05) is 18.2 Å². The predicted octanol–water partition coefficient (Wildman–Crippen LogP) is -2.38. The zero-order chi connectivity index (χ0) is 19.2. The van der Waals surface area contributed by atoms with Gasteiger partial charge in [-0.25, -0.2) is 0 Å². The van der Waals surface area contributed by atoms with Crippen LogP contribution in [-0.4, -0.2) is 77.5 Å². The highest BCUT2D eigenvalue weighted by Gasteiger charge is 2.14. The van der Waals surface area contributed by atoms with E-state index in [1.54, 1.807) is 0 Å². The number of anilines is 2. The van der Waals surface area contributed by atoms with E-state index in [1.165, 1.54) is 11.4 Å². The average Bonchev–Trinajstić information content (AvgIpc) is 2.55. The zero-order valence-electron chi connectivity index (χ0n) is 18.0. The second-order valence-electron chi connectivity index (χ2n) is 8.86. The molecule has 0 fully saturated rings. The third-order valence-electron chi connectivity index (χ3n) is 4.24. The van der Waals surface area contributed by atoms with E-state index in [-0.39, 0.29) is 48.0 Å². The lowest BCUT2D eigenvalue weighted by molar-refractivity contribution is -0.870. The van der Waals surface area contributed by atoms with Crippen molar-refractivity contribution in [3.8, 4) is 5.75 Å². The van der Waals surface area contributed by atoms with Crippen molar-refractivity contribution in [2.45, 2.75) is 0 Å². The molecular formula is C22H35I2N3O. The van der Waals surface area contributed by atoms with Gasteiger partial charge in [0.1, 0.15) is 18.9 Å². The van der Waals surface area contributed by atoms with E-state index in [0.29, 0.717) is 0 Å². The molecule has 0 atom stereocenters. The number of benzene rings is 2. The lowest BCUT2D eigenvalue weighted by Gasteiger charge is -2.30. The Morgan fingerprint density at radius 2 is 1.18 bits per heavy atom. The first-order valence-electron chi connectivity index (χ1n) is 9.30. The van der Waals surface area contributed by atoms with Gasteiger partial charge in [0.2, 0.25) is 0 Å². The third kappa shape index (κ3) is 10.3. The van der Waals surface area contributed by atoms with Gasteiger partial charge in [0.05, 0.1) is 55.4 Å². The molecule has 4 nitrogen and oxygen atoms in total. The molecule has 6 heteroatoms. The Kier molecular flexibility index (Phi) is 11.9. The standard InChI is InChI=1S/C22H35N3O.2HI/c1-24(2,3)17-16-23(20-10-8-7-9-11-20)21-12-14-22(15-13-21)26-19-18-25(4,5)6;;/h7-15H,16-19H2,1-6H3;2*1H/q+2;;/p-2. The van der Waals surface area contributed by atoms with Crippen LogP contribution in [-0.2, 0) is 0 Å². The molecule has 0 spiro atoms. The van der Waals surface area contributed by atoms with Crippen LogP contribution < -0.4 is 57.6 Å². The maximum Gasteiger partial charge on any atom is 0.137 e. The van der Waals surface area contributed by atoms with E-state index >= 15 is 0 Å². The summed E-state index contributed by atoms with van der Waals surface area (Å²) >= 11 is 0. The van der Waals surface area contributed by atoms with Crippen LogP contribution in [0.4, 0.5) is 11.4 Å². The zero-order valence-corrected chi connectivity index (χ0v) is 22.3. The molecule has 0 aromatic heterocycles. The minimum absolute atomic E-state index is 0. The summed E-state index contributed by atoms with van der Waals surface area (Å²) in [6, 6.07) is 19.1. The van der Waals surface area contributed by atoms with E-state index in [2.05, 4.69) is 102 Å². The van der Waals surface area contributed by atoms with Crippen molar-refractivity contribution in [1.82, 2.24) is 0 Å². The van der Waals surface area contributed by atoms with Crippen molar-refractivity contribution in [2.75, 3.05) is 73.4 Å². The van der Waals surface area contributed by atoms with E-state index in [0.717, 1.165) is 41.0 Å². The van der Waals surface area contributed by atoms with Crippen molar-refractivity contribution in [1.29, 1.82) is 0 Å². The monoisotopic (exact) mass is 611 g/mol. The Morgan fingerprint density at radius 3 is 1.68 bits per heavy atom. The first kappa shape index (κ1) is 27.4. The van der Waals surface area contributed by atoms with Crippen molar-refractivity contribution < 1.29 is 61.7 Å². The number of nitrogens with zero attached hydrogens (tertiary/aromatic N) is 3. The Labute approximate surface area is 205 Å². The second-order valence-corrected chi connectivity index (χ2v) is 8.86. The average molecular weight is 611 g/mol. The van der Waals surface area contributed by atoms with Crippen LogP contribution in [0.5, 0.6) is 5.75 Å². The van der Waals surface area contributed by atoms with E-state index in [9.17, 15) is 0 Å². The number of likely N-dealkylation sites (N-methyl/N-ethyl adjacent to an activating group) is 2. The Bertz CT molecular complexity index is 665. The number of rotatable bonds is 9. The molecule has 0 saturated heterocycles. The molecule has 0 unspecified atom stereocenters. The van der Waals surface area contributed by atoms with E-state index in [4.69, 9.17) is 4.74 Å². The Balaban J connectivity index is 0.00000364. The molecule has 0 radical (unpaired) electrons. The second kappa shape index (κ2) is 12.2. The predicted molar refractivity (Wildman–Crippen MR) is 111 cm³/mol. The molecule has 0 aliphatic heterocycles. The largest absolute Gasteiger partial charge is 1.00 e. The normalized spacial score (nSPS) is 11.2. The topological polar surface area (TPSA) is 12.5 Å². The summed E-state index contributed by atoms with van der Waals surface area (Å²) in [5, 5.41) is 0. The SMILES string of the molecule is C[N+](C)(C)CCOc1ccc(N(CC[N+](C)(C)C)c2ccccc2)cc1.[I-].[I-]. The highest BCUT2D eigenvalue weighted by molar-refractivity contribution is 5.63. The smallest absolute Gasteiger partial charge is 0.137 e. The van der Waals surface area contributed by atoms with Crippen LogP contribution in [0.3, 0.4) is 0 Å². The third-order valence-corrected chi connectivity index (χ3v) is 4.24. The minimum Gasteiger partial charge on any atom is -1.00 e. The number of halogens is 2. The molecule has 2 aromatic carbocycles. The molecular weight excluding hydrogens is 576 g/mol. The summed E-state index contributed by atoms with van der Waals surface area (Å²) in [4.78, 5) is 2.37. The fourth-order valence-corrected chi connectivity index (χ4v) is 2.57. The summed E-state index contributed by atoms with van der Waals surface area (Å²) < 4.78 is 7.75. The summed E-state index contributed by atoms with van der Waals surface area (Å²) in [6.07, 6.45) is 0. The maximum absolute atomic E-state index is 5.90. The minimum atomic E-state index is 0. The van der Waals surface area contributed by atoms with Gasteiger partial charge in [-0.05, 0) is 36.4 Å². The first-order chi connectivity index (χ1) is 12.1. The van der Waals surface area contributed by atoms with E-state index < -0.39 is 0 Å². The van der Waals surface area contributed by atoms with Crippen LogP contribution in [0.15, 0.2) is 54.6 Å². The number of hydrogen-bond donors (Lipinski definition) is 0. The molecule has 0 bridgehead atoms. The van der Waals surface area contributed by atoms with Gasteiger partial charge in [-0.15, -0.1) is 0 Å². The number of ether oxygens (including phenoxy) is 1. The molecule has 0 heterocycles. The first-order valence-corrected chi connectivity index (χ1v) is 9.30. The van der Waals surface area contributed by atoms with Crippen molar-refractivity contribution in [2.24, 2.45) is 0 Å². The Morgan fingerprint density at radius 1 is 0.679 bits per heavy atom. The van der Waals surface area contributed by atoms with Gasteiger partial charge in [-0.3, -0.25) is 0 Å². The number of quaternary nitrogens is 2. The molecule has 28 heavy (non-hydrogen) atoms. The molecule has 0 N–H and O–H groups in total. The molecule has 2 rings (SSSR count). The van der Waals surface area contributed by atoms with E-state index in [1.807, 2.05) is 0 Å². The summed E-state index contributed by atoms with van der Waals surface area (Å²) in [5.74, 6) is 0.932. The molecule has 0 amide bonds. The highest BCUT2D eigenvalue weighted by Crippen LogP contribution is 2.27. The molecule has 0 aliphatic carbocycles. The fraction of sp³-hybridized carbons (Fsp3) is 0.455. The highest BCUT2D eigenvalue weighted by atomic mass is 127. The lowest BCUT2D eigenvalue weighted by Crippen LogP contribution is -3.00.